The lowest BCUT2D eigenvalue weighted by molar-refractivity contribution is -0.142. The van der Waals surface area contributed by atoms with Crippen molar-refractivity contribution in [2.75, 3.05) is 5.75 Å². The zero-order valence-electron chi connectivity index (χ0n) is 11.7. The van der Waals surface area contributed by atoms with Crippen molar-refractivity contribution in [1.82, 2.24) is 5.32 Å². The average Bonchev–Trinajstić information content (AvgIpc) is 2.42. The fourth-order valence-corrected chi connectivity index (χ4v) is 2.34. The van der Waals surface area contributed by atoms with E-state index in [-0.39, 0.29) is 11.8 Å². The molecule has 0 aromatic heterocycles. The van der Waals surface area contributed by atoms with E-state index in [1.807, 2.05) is 13.8 Å². The predicted molar refractivity (Wildman–Crippen MR) is 81.8 cm³/mol. The number of thiol groups is 1. The van der Waals surface area contributed by atoms with E-state index in [0.29, 0.717) is 23.7 Å². The van der Waals surface area contributed by atoms with Crippen LogP contribution in [0.2, 0.25) is 0 Å². The minimum atomic E-state index is -1.06. The summed E-state index contributed by atoms with van der Waals surface area (Å²) >= 11 is 4.18. The molecular weight excluding hydrogens is 274 g/mol. The minimum absolute atomic E-state index is 0.259. The predicted octanol–water partition coefficient (Wildman–Crippen LogP) is 2.52. The topological polar surface area (TPSA) is 66.4 Å². The van der Waals surface area contributed by atoms with E-state index in [9.17, 15) is 14.7 Å². The third kappa shape index (κ3) is 4.89. The van der Waals surface area contributed by atoms with Crippen LogP contribution in [0.15, 0.2) is 30.3 Å². The molecule has 0 aliphatic rings. The van der Waals surface area contributed by atoms with Crippen molar-refractivity contribution < 1.29 is 14.7 Å². The number of hydrogen-bond acceptors (Lipinski definition) is 3. The third-order valence-corrected chi connectivity index (χ3v) is 3.45. The molecule has 0 radical (unpaired) electrons. The maximum atomic E-state index is 12.2. The zero-order chi connectivity index (χ0) is 15.1. The highest BCUT2D eigenvalue weighted by Gasteiger charge is 2.26. The van der Waals surface area contributed by atoms with Crippen LogP contribution >= 0.6 is 12.6 Å². The van der Waals surface area contributed by atoms with E-state index >= 15 is 0 Å². The molecule has 0 spiro atoms. The fraction of sp³-hybridized carbons (Fsp3) is 0.467. The van der Waals surface area contributed by atoms with Crippen LogP contribution in [0, 0.1) is 11.8 Å². The number of hydrogen-bond donors (Lipinski definition) is 3. The highest BCUT2D eigenvalue weighted by molar-refractivity contribution is 7.80. The van der Waals surface area contributed by atoms with Crippen LogP contribution in [0.4, 0.5) is 0 Å². The van der Waals surface area contributed by atoms with Crippen LogP contribution in [-0.2, 0) is 9.59 Å². The first-order chi connectivity index (χ1) is 9.45. The molecule has 0 aliphatic heterocycles. The van der Waals surface area contributed by atoms with Crippen molar-refractivity contribution in [3.05, 3.63) is 35.9 Å². The molecule has 5 heteroatoms. The highest BCUT2D eigenvalue weighted by Crippen LogP contribution is 2.17. The largest absolute Gasteiger partial charge is 0.479 e. The van der Waals surface area contributed by atoms with Gasteiger partial charge in [0.15, 0.2) is 6.04 Å². The number of carboxylic acids is 1. The van der Waals surface area contributed by atoms with Gasteiger partial charge >= 0.3 is 5.97 Å². The zero-order valence-corrected chi connectivity index (χ0v) is 12.6. The number of rotatable bonds is 7. The van der Waals surface area contributed by atoms with Gasteiger partial charge in [0, 0.05) is 11.7 Å². The molecule has 0 bridgehead atoms. The van der Waals surface area contributed by atoms with Crippen molar-refractivity contribution in [2.45, 2.75) is 26.3 Å². The minimum Gasteiger partial charge on any atom is -0.479 e. The monoisotopic (exact) mass is 295 g/mol. The molecule has 1 rings (SSSR count). The summed E-state index contributed by atoms with van der Waals surface area (Å²) in [7, 11) is 0. The first-order valence-electron chi connectivity index (χ1n) is 6.64. The Bertz CT molecular complexity index is 448. The molecule has 2 atom stereocenters. The molecule has 1 aromatic rings. The third-order valence-electron chi connectivity index (χ3n) is 3.01. The van der Waals surface area contributed by atoms with Crippen LogP contribution in [0.1, 0.15) is 31.9 Å². The number of carboxylic acid groups (broad SMARTS) is 1. The Morgan fingerprint density at radius 3 is 2.30 bits per heavy atom. The standard InChI is InChI=1S/C15H21NO3S/c1-10(2)8-12(9-20)14(17)16-13(15(18)19)11-6-4-3-5-7-11/h3-7,10,12-13,20H,8-9H2,1-2H3,(H,16,17)(H,18,19)/t12?,13-/m1/s1. The van der Waals surface area contributed by atoms with Gasteiger partial charge in [0.2, 0.25) is 5.91 Å². The number of carbonyl (C=O) groups excluding carboxylic acids is 1. The summed E-state index contributed by atoms with van der Waals surface area (Å²) in [6, 6.07) is 7.68. The van der Waals surface area contributed by atoms with Crippen LogP contribution in [-0.4, -0.2) is 22.7 Å². The second-order valence-electron chi connectivity index (χ2n) is 5.20. The molecule has 1 amide bonds. The van der Waals surface area contributed by atoms with Crippen molar-refractivity contribution in [2.24, 2.45) is 11.8 Å². The number of aliphatic carboxylic acids is 1. The molecule has 0 aliphatic carbocycles. The molecular formula is C15H21NO3S. The molecule has 1 unspecified atom stereocenters. The van der Waals surface area contributed by atoms with Crippen molar-refractivity contribution in [3.63, 3.8) is 0 Å². The van der Waals surface area contributed by atoms with Gasteiger partial charge in [-0.25, -0.2) is 4.79 Å². The smallest absolute Gasteiger partial charge is 0.330 e. The van der Waals surface area contributed by atoms with E-state index in [1.165, 1.54) is 0 Å². The second-order valence-corrected chi connectivity index (χ2v) is 5.56. The summed E-state index contributed by atoms with van der Waals surface area (Å²) < 4.78 is 0. The molecule has 4 nitrogen and oxygen atoms in total. The summed E-state index contributed by atoms with van der Waals surface area (Å²) in [5.41, 5.74) is 0.566. The Morgan fingerprint density at radius 2 is 1.85 bits per heavy atom. The molecule has 20 heavy (non-hydrogen) atoms. The van der Waals surface area contributed by atoms with E-state index < -0.39 is 12.0 Å². The van der Waals surface area contributed by atoms with Crippen LogP contribution in [0.3, 0.4) is 0 Å². The fourth-order valence-electron chi connectivity index (χ4n) is 2.03. The molecule has 0 heterocycles. The Morgan fingerprint density at radius 1 is 1.25 bits per heavy atom. The van der Waals surface area contributed by atoms with Gasteiger partial charge in [-0.15, -0.1) is 0 Å². The first-order valence-corrected chi connectivity index (χ1v) is 7.28. The van der Waals surface area contributed by atoms with E-state index in [2.05, 4.69) is 17.9 Å². The van der Waals surface area contributed by atoms with Crippen LogP contribution in [0.25, 0.3) is 0 Å². The number of carbonyl (C=O) groups is 2. The van der Waals surface area contributed by atoms with Gasteiger partial charge in [-0.1, -0.05) is 44.2 Å². The van der Waals surface area contributed by atoms with Gasteiger partial charge in [-0.2, -0.15) is 12.6 Å². The Labute approximate surface area is 125 Å². The maximum Gasteiger partial charge on any atom is 0.330 e. The summed E-state index contributed by atoms with van der Waals surface area (Å²) in [4.78, 5) is 23.5. The van der Waals surface area contributed by atoms with Gasteiger partial charge < -0.3 is 10.4 Å². The lowest BCUT2D eigenvalue weighted by Crippen LogP contribution is -2.38. The maximum absolute atomic E-state index is 12.2. The number of amides is 1. The van der Waals surface area contributed by atoms with Gasteiger partial charge in [0.25, 0.3) is 0 Å². The van der Waals surface area contributed by atoms with Crippen LogP contribution in [0.5, 0.6) is 0 Å². The molecule has 0 saturated carbocycles. The van der Waals surface area contributed by atoms with E-state index in [4.69, 9.17) is 0 Å². The SMILES string of the molecule is CC(C)CC(CS)C(=O)N[C@@H](C(=O)O)c1ccccc1. The number of nitrogens with one attached hydrogen (secondary N) is 1. The Balaban J connectivity index is 2.81. The summed E-state index contributed by atoms with van der Waals surface area (Å²) in [6.45, 7) is 4.05. The van der Waals surface area contributed by atoms with E-state index in [1.54, 1.807) is 30.3 Å². The molecule has 0 fully saturated rings. The summed E-state index contributed by atoms with van der Waals surface area (Å²) in [5, 5.41) is 11.9. The normalized spacial score (nSPS) is 13.8. The second kappa shape index (κ2) is 7.94. The number of benzene rings is 1. The quantitative estimate of drug-likeness (QED) is 0.677. The average molecular weight is 295 g/mol. The lowest BCUT2D eigenvalue weighted by atomic mass is 9.97. The summed E-state index contributed by atoms with van der Waals surface area (Å²) in [5.74, 6) is -0.829. The van der Waals surface area contributed by atoms with Gasteiger partial charge in [0.1, 0.15) is 0 Å². The Kier molecular flexibility index (Phi) is 6.58. The van der Waals surface area contributed by atoms with Crippen molar-refractivity contribution >= 4 is 24.5 Å². The van der Waals surface area contributed by atoms with Gasteiger partial charge in [0.05, 0.1) is 0 Å². The Hall–Kier alpha value is -1.49. The van der Waals surface area contributed by atoms with Gasteiger partial charge in [-0.3, -0.25) is 4.79 Å². The van der Waals surface area contributed by atoms with Crippen molar-refractivity contribution in [3.8, 4) is 0 Å². The van der Waals surface area contributed by atoms with Gasteiger partial charge in [-0.05, 0) is 17.9 Å². The van der Waals surface area contributed by atoms with E-state index in [0.717, 1.165) is 0 Å². The molecule has 0 saturated heterocycles. The van der Waals surface area contributed by atoms with Crippen molar-refractivity contribution in [1.29, 1.82) is 0 Å². The molecule has 2 N–H and O–H groups in total. The molecule has 1 aromatic carbocycles. The highest BCUT2D eigenvalue weighted by atomic mass is 32.1. The molecule has 110 valence electrons. The van der Waals surface area contributed by atoms with Crippen LogP contribution < -0.4 is 5.32 Å². The summed E-state index contributed by atoms with van der Waals surface area (Å²) in [6.07, 6.45) is 0.691. The first kappa shape index (κ1) is 16.6. The lowest BCUT2D eigenvalue weighted by Gasteiger charge is -2.20.